The Bertz CT molecular complexity index is 1400. The lowest BCUT2D eigenvalue weighted by Gasteiger charge is -2.32. The van der Waals surface area contributed by atoms with Gasteiger partial charge in [-0.3, -0.25) is 9.59 Å². The predicted molar refractivity (Wildman–Crippen MR) is 160 cm³/mol. The van der Waals surface area contributed by atoms with Gasteiger partial charge in [0.05, 0.1) is 21.5 Å². The molecule has 0 radical (unpaired) electrons. The Hall–Kier alpha value is -2.91. The van der Waals surface area contributed by atoms with Crippen molar-refractivity contribution in [1.29, 1.82) is 0 Å². The molecule has 3 aromatic carbocycles. The molecule has 0 heterocycles. The zero-order chi connectivity index (χ0) is 29.3. The van der Waals surface area contributed by atoms with Crippen LogP contribution in [0.3, 0.4) is 0 Å². The third-order valence-electron chi connectivity index (χ3n) is 6.52. The summed E-state index contributed by atoms with van der Waals surface area (Å²) in [5.41, 5.74) is 2.44. The van der Waals surface area contributed by atoms with Gasteiger partial charge in [0, 0.05) is 26.6 Å². The van der Waals surface area contributed by atoms with Crippen LogP contribution in [0.1, 0.15) is 36.5 Å². The van der Waals surface area contributed by atoms with Crippen LogP contribution in [0.15, 0.2) is 77.7 Å². The average Bonchev–Trinajstić information content (AvgIpc) is 2.93. The Morgan fingerprint density at radius 2 is 1.60 bits per heavy atom. The van der Waals surface area contributed by atoms with E-state index in [4.69, 9.17) is 23.2 Å². The highest BCUT2D eigenvalue weighted by Crippen LogP contribution is 2.25. The van der Waals surface area contributed by atoms with E-state index in [1.165, 1.54) is 24.1 Å². The van der Waals surface area contributed by atoms with E-state index in [0.29, 0.717) is 22.2 Å². The molecule has 1 N–H and O–H groups in total. The monoisotopic (exact) mass is 603 g/mol. The van der Waals surface area contributed by atoms with Gasteiger partial charge in [0.1, 0.15) is 6.04 Å². The molecule has 0 unspecified atom stereocenters. The van der Waals surface area contributed by atoms with Gasteiger partial charge >= 0.3 is 0 Å². The smallest absolute Gasteiger partial charge is 0.243 e. The lowest BCUT2D eigenvalue weighted by molar-refractivity contribution is -0.141. The van der Waals surface area contributed by atoms with Gasteiger partial charge in [0.25, 0.3) is 0 Å². The molecule has 0 saturated heterocycles. The molecule has 0 aliphatic carbocycles. The number of rotatable bonds is 13. The molecule has 0 spiro atoms. The molecule has 0 saturated carbocycles. The minimum absolute atomic E-state index is 0.0346. The minimum Gasteiger partial charge on any atom is -0.354 e. The first kappa shape index (κ1) is 31.6. The summed E-state index contributed by atoms with van der Waals surface area (Å²) in [5, 5.41) is 3.63. The molecular weight excluding hydrogens is 569 g/mol. The number of carbonyl (C=O) groups is 2. The topological polar surface area (TPSA) is 86.8 Å². The number of aryl methyl sites for hydroxylation is 1. The van der Waals surface area contributed by atoms with E-state index in [9.17, 15) is 18.0 Å². The second-order valence-electron chi connectivity index (χ2n) is 9.69. The molecule has 0 fully saturated rings. The second-order valence-corrected chi connectivity index (χ2v) is 12.6. The van der Waals surface area contributed by atoms with Crippen molar-refractivity contribution in [2.45, 2.75) is 50.6 Å². The van der Waals surface area contributed by atoms with Crippen molar-refractivity contribution in [3.8, 4) is 0 Å². The van der Waals surface area contributed by atoms with E-state index in [2.05, 4.69) is 5.32 Å². The van der Waals surface area contributed by atoms with E-state index in [1.54, 1.807) is 30.3 Å². The van der Waals surface area contributed by atoms with Crippen molar-refractivity contribution in [2.24, 2.45) is 0 Å². The Labute approximate surface area is 247 Å². The fourth-order valence-electron chi connectivity index (χ4n) is 4.15. The van der Waals surface area contributed by atoms with Crippen LogP contribution >= 0.6 is 23.2 Å². The van der Waals surface area contributed by atoms with Gasteiger partial charge in [-0.1, -0.05) is 90.6 Å². The summed E-state index contributed by atoms with van der Waals surface area (Å²) in [7, 11) is -2.59. The third-order valence-corrected chi connectivity index (χ3v) is 9.08. The Kier molecular flexibility index (Phi) is 11.6. The van der Waals surface area contributed by atoms with Crippen molar-refractivity contribution in [2.75, 3.05) is 20.1 Å². The number of nitrogens with zero attached hydrogens (tertiary/aromatic N) is 2. The van der Waals surface area contributed by atoms with Gasteiger partial charge < -0.3 is 10.2 Å². The molecule has 0 aliphatic heterocycles. The first-order valence-corrected chi connectivity index (χ1v) is 15.3. The number of sulfonamides is 1. The number of hydrogen-bond acceptors (Lipinski definition) is 4. The first-order valence-electron chi connectivity index (χ1n) is 13.1. The summed E-state index contributed by atoms with van der Waals surface area (Å²) in [6.07, 6.45) is 1.94. The predicted octanol–water partition coefficient (Wildman–Crippen LogP) is 5.48. The van der Waals surface area contributed by atoms with Crippen molar-refractivity contribution < 1.29 is 18.0 Å². The number of amides is 2. The molecular formula is C30H35Cl2N3O4S. The number of likely N-dealkylation sites (N-methyl/N-ethyl adjacent to an activating group) is 1. The van der Waals surface area contributed by atoms with Crippen LogP contribution in [0.5, 0.6) is 0 Å². The van der Waals surface area contributed by atoms with Crippen LogP contribution in [-0.4, -0.2) is 55.6 Å². The Balaban J connectivity index is 1.97. The Morgan fingerprint density at radius 1 is 0.925 bits per heavy atom. The number of unbranched alkanes of at least 4 members (excludes halogenated alkanes) is 1. The zero-order valence-corrected chi connectivity index (χ0v) is 25.3. The molecule has 1 atom stereocenters. The molecule has 7 nitrogen and oxygen atoms in total. The van der Waals surface area contributed by atoms with Gasteiger partial charge in [-0.15, -0.1) is 0 Å². The zero-order valence-electron chi connectivity index (χ0n) is 22.9. The molecule has 0 bridgehead atoms. The summed E-state index contributed by atoms with van der Waals surface area (Å²) >= 11 is 12.4. The largest absolute Gasteiger partial charge is 0.354 e. The number of nitrogens with one attached hydrogen (secondary N) is 1. The SMILES string of the molecule is CCCCNC(=O)[C@H](Cc1ccccc1)N(Cc1ccc(Cl)c(Cl)c1)C(=O)CN(C)S(=O)(=O)c1ccc(C)cc1. The van der Waals surface area contributed by atoms with E-state index < -0.39 is 28.5 Å². The van der Waals surface area contributed by atoms with Crippen molar-refractivity contribution in [3.63, 3.8) is 0 Å². The van der Waals surface area contributed by atoms with Crippen LogP contribution in [0, 0.1) is 6.92 Å². The summed E-state index contributed by atoms with van der Waals surface area (Å²) < 4.78 is 27.5. The normalized spacial score (nSPS) is 12.2. The average molecular weight is 605 g/mol. The fourth-order valence-corrected chi connectivity index (χ4v) is 5.59. The van der Waals surface area contributed by atoms with E-state index in [1.807, 2.05) is 44.2 Å². The van der Waals surface area contributed by atoms with Gasteiger partial charge in [-0.05, 0) is 48.7 Å². The first-order chi connectivity index (χ1) is 19.0. The molecule has 214 valence electrons. The molecule has 10 heteroatoms. The maximum atomic E-state index is 13.9. The van der Waals surface area contributed by atoms with E-state index in [-0.39, 0.29) is 23.8 Å². The number of benzene rings is 3. The lowest BCUT2D eigenvalue weighted by atomic mass is 10.0. The standard InChI is InChI=1S/C30H35Cl2N3O4S/c1-4-5-17-33-30(37)28(19-23-9-7-6-8-10-23)35(20-24-13-16-26(31)27(32)18-24)29(36)21-34(3)40(38,39)25-14-11-22(2)12-15-25/h6-16,18,28H,4-5,17,19-21H2,1-3H3,(H,33,37)/t28-/m0/s1. The van der Waals surface area contributed by atoms with Crippen LogP contribution in [0.2, 0.25) is 10.0 Å². The number of halogens is 2. The van der Waals surface area contributed by atoms with Crippen molar-refractivity contribution in [1.82, 2.24) is 14.5 Å². The molecule has 0 aliphatic rings. The van der Waals surface area contributed by atoms with Crippen LogP contribution < -0.4 is 5.32 Å². The second kappa shape index (κ2) is 14.6. The molecule has 3 aromatic rings. The summed E-state index contributed by atoms with van der Waals surface area (Å²) in [6.45, 7) is 3.94. The number of hydrogen-bond donors (Lipinski definition) is 1. The molecule has 0 aromatic heterocycles. The Morgan fingerprint density at radius 3 is 2.23 bits per heavy atom. The summed E-state index contributed by atoms with van der Waals surface area (Å²) in [4.78, 5) is 28.9. The van der Waals surface area contributed by atoms with Gasteiger partial charge in [0.2, 0.25) is 21.8 Å². The fraction of sp³-hybridized carbons (Fsp3) is 0.333. The third kappa shape index (κ3) is 8.54. The summed E-state index contributed by atoms with van der Waals surface area (Å²) in [6, 6.07) is 19.9. The molecule has 3 rings (SSSR count). The molecule has 40 heavy (non-hydrogen) atoms. The van der Waals surface area contributed by atoms with Gasteiger partial charge in [0.15, 0.2) is 0 Å². The van der Waals surface area contributed by atoms with Crippen LogP contribution in [0.25, 0.3) is 0 Å². The van der Waals surface area contributed by atoms with Gasteiger partial charge in [-0.25, -0.2) is 8.42 Å². The quantitative estimate of drug-likeness (QED) is 0.262. The van der Waals surface area contributed by atoms with E-state index in [0.717, 1.165) is 28.3 Å². The van der Waals surface area contributed by atoms with Crippen molar-refractivity contribution >= 4 is 45.0 Å². The van der Waals surface area contributed by atoms with Crippen LogP contribution in [-0.2, 0) is 32.6 Å². The van der Waals surface area contributed by atoms with E-state index >= 15 is 0 Å². The number of carbonyl (C=O) groups excluding carboxylic acids is 2. The maximum absolute atomic E-state index is 13.9. The highest BCUT2D eigenvalue weighted by molar-refractivity contribution is 7.89. The van der Waals surface area contributed by atoms with Gasteiger partial charge in [-0.2, -0.15) is 4.31 Å². The molecule has 2 amide bonds. The van der Waals surface area contributed by atoms with Crippen LogP contribution in [0.4, 0.5) is 0 Å². The highest BCUT2D eigenvalue weighted by atomic mass is 35.5. The lowest BCUT2D eigenvalue weighted by Crippen LogP contribution is -2.53. The summed E-state index contributed by atoms with van der Waals surface area (Å²) in [5.74, 6) is -0.828. The minimum atomic E-state index is -3.95. The maximum Gasteiger partial charge on any atom is 0.243 e. The highest BCUT2D eigenvalue weighted by Gasteiger charge is 2.33. The van der Waals surface area contributed by atoms with Crippen molar-refractivity contribution in [3.05, 3.63) is 99.5 Å².